The second-order valence-corrected chi connectivity index (χ2v) is 5.66. The van der Waals surface area contributed by atoms with E-state index in [0.717, 1.165) is 6.07 Å². The van der Waals surface area contributed by atoms with Gasteiger partial charge in [0.25, 0.3) is 0 Å². The first-order chi connectivity index (χ1) is 8.73. The van der Waals surface area contributed by atoms with Gasteiger partial charge in [0.2, 0.25) is 0 Å². The van der Waals surface area contributed by atoms with Gasteiger partial charge in [-0.3, -0.25) is 0 Å². The van der Waals surface area contributed by atoms with Gasteiger partial charge in [-0.2, -0.15) is 0 Å². The predicted octanol–water partition coefficient (Wildman–Crippen LogP) is 1.01. The molecule has 1 heterocycles. The molecule has 9 heteroatoms. The zero-order chi connectivity index (χ0) is 14.4. The minimum absolute atomic E-state index is 0.634. The van der Waals surface area contributed by atoms with E-state index in [0.29, 0.717) is 12.3 Å². The molecule has 0 aliphatic heterocycles. The first-order valence-electron chi connectivity index (χ1n) is 4.81. The van der Waals surface area contributed by atoms with Crippen LogP contribution in [0.3, 0.4) is 0 Å². The predicted molar refractivity (Wildman–Crippen MR) is 59.5 cm³/mol. The number of sulfone groups is 1. The van der Waals surface area contributed by atoms with Crippen molar-refractivity contribution in [2.24, 2.45) is 0 Å². The molecule has 0 saturated carbocycles. The Balaban J connectivity index is 3.13. The Morgan fingerprint density at radius 3 is 2.32 bits per heavy atom. The number of hydrogen-bond acceptors (Lipinski definition) is 5. The van der Waals surface area contributed by atoms with E-state index in [2.05, 4.69) is 10.2 Å². The van der Waals surface area contributed by atoms with Crippen LogP contribution in [0.1, 0.15) is 10.5 Å². The number of halogens is 2. The molecule has 19 heavy (non-hydrogen) atoms. The quantitative estimate of drug-likeness (QED) is 0.885. The van der Waals surface area contributed by atoms with Crippen molar-refractivity contribution in [2.75, 3.05) is 6.26 Å². The largest absolute Gasteiger partial charge is 0.476 e. The van der Waals surface area contributed by atoms with Gasteiger partial charge in [0.05, 0.1) is 5.39 Å². The monoisotopic (exact) mass is 288 g/mol. The summed E-state index contributed by atoms with van der Waals surface area (Å²) in [6, 6.07) is 1.44. The summed E-state index contributed by atoms with van der Waals surface area (Å²) in [7, 11) is -4.13. The maximum absolute atomic E-state index is 13.7. The Bertz CT molecular complexity index is 805. The standard InChI is InChI=1S/C10H6F2N2O4S/c1-19(17,18)9-6-4(11)2-3-5(12)7(6)13-14-8(9)10(15)16/h2-3H,1H3,(H,15,16). The first-order valence-corrected chi connectivity index (χ1v) is 6.70. The highest BCUT2D eigenvalue weighted by atomic mass is 32.2. The second kappa shape index (κ2) is 4.19. The van der Waals surface area contributed by atoms with E-state index < -0.39 is 48.9 Å². The molecule has 100 valence electrons. The lowest BCUT2D eigenvalue weighted by molar-refractivity contribution is 0.0685. The molecule has 0 atom stereocenters. The van der Waals surface area contributed by atoms with Gasteiger partial charge < -0.3 is 5.11 Å². The molecule has 2 aromatic rings. The molecule has 0 radical (unpaired) electrons. The zero-order valence-electron chi connectivity index (χ0n) is 9.39. The number of rotatable bonds is 2. The number of aromatic carboxylic acids is 1. The van der Waals surface area contributed by atoms with Gasteiger partial charge >= 0.3 is 5.97 Å². The van der Waals surface area contributed by atoms with E-state index in [4.69, 9.17) is 5.11 Å². The van der Waals surface area contributed by atoms with Gasteiger partial charge in [0, 0.05) is 6.26 Å². The first kappa shape index (κ1) is 13.3. The van der Waals surface area contributed by atoms with Gasteiger partial charge in [0.15, 0.2) is 21.3 Å². The van der Waals surface area contributed by atoms with E-state index in [1.54, 1.807) is 0 Å². The lowest BCUT2D eigenvalue weighted by Gasteiger charge is -2.07. The number of hydrogen-bond donors (Lipinski definition) is 1. The number of carboxylic acids is 1. The SMILES string of the molecule is CS(=O)(=O)c1c(C(=O)O)nnc2c(F)ccc(F)c12. The van der Waals surface area contributed by atoms with Gasteiger partial charge in [-0.1, -0.05) is 0 Å². The highest BCUT2D eigenvalue weighted by molar-refractivity contribution is 7.91. The van der Waals surface area contributed by atoms with Crippen molar-refractivity contribution in [2.45, 2.75) is 4.90 Å². The summed E-state index contributed by atoms with van der Waals surface area (Å²) < 4.78 is 50.4. The molecule has 1 aromatic heterocycles. The molecule has 1 N–H and O–H groups in total. The molecular weight excluding hydrogens is 282 g/mol. The Morgan fingerprint density at radius 2 is 1.79 bits per heavy atom. The molecule has 0 unspecified atom stereocenters. The number of fused-ring (bicyclic) bond motifs is 1. The summed E-state index contributed by atoms with van der Waals surface area (Å²) in [5.74, 6) is -3.78. The summed E-state index contributed by atoms with van der Waals surface area (Å²) in [6.07, 6.45) is 0.681. The van der Waals surface area contributed by atoms with Crippen LogP contribution >= 0.6 is 0 Å². The second-order valence-electron chi connectivity index (χ2n) is 3.71. The van der Waals surface area contributed by atoms with E-state index in [-0.39, 0.29) is 0 Å². The van der Waals surface area contributed by atoms with E-state index in [1.165, 1.54) is 0 Å². The van der Waals surface area contributed by atoms with Crippen molar-refractivity contribution in [3.8, 4) is 0 Å². The Hall–Kier alpha value is -2.16. The Labute approximate surface area is 105 Å². The van der Waals surface area contributed by atoms with Crippen molar-refractivity contribution < 1.29 is 27.1 Å². The molecule has 0 aliphatic carbocycles. The number of aromatic nitrogens is 2. The number of carboxylic acid groups (broad SMARTS) is 1. The molecular formula is C10H6F2N2O4S. The third-order valence-corrected chi connectivity index (χ3v) is 3.48. The molecule has 0 bridgehead atoms. The van der Waals surface area contributed by atoms with Crippen molar-refractivity contribution in [3.05, 3.63) is 29.5 Å². The Morgan fingerprint density at radius 1 is 1.21 bits per heavy atom. The molecule has 0 spiro atoms. The molecule has 0 amide bonds. The summed E-state index contributed by atoms with van der Waals surface area (Å²) >= 11 is 0. The average Bonchev–Trinajstić information content (AvgIpc) is 2.31. The van der Waals surface area contributed by atoms with Crippen LogP contribution in [0.2, 0.25) is 0 Å². The number of nitrogens with zero attached hydrogens (tertiary/aromatic N) is 2. The Kier molecular flexibility index (Phi) is 2.93. The van der Waals surface area contributed by atoms with Crippen LogP contribution in [0.4, 0.5) is 8.78 Å². The van der Waals surface area contributed by atoms with E-state index >= 15 is 0 Å². The number of benzene rings is 1. The van der Waals surface area contributed by atoms with Crippen LogP contribution in [-0.4, -0.2) is 35.9 Å². The fraction of sp³-hybridized carbons (Fsp3) is 0.100. The van der Waals surface area contributed by atoms with Crippen molar-refractivity contribution >= 4 is 26.7 Å². The van der Waals surface area contributed by atoms with Crippen LogP contribution in [0.15, 0.2) is 17.0 Å². The molecule has 0 fully saturated rings. The summed E-state index contributed by atoms with van der Waals surface area (Å²) in [6.45, 7) is 0. The fourth-order valence-electron chi connectivity index (χ4n) is 1.62. The molecule has 0 saturated heterocycles. The van der Waals surface area contributed by atoms with Crippen molar-refractivity contribution in [3.63, 3.8) is 0 Å². The van der Waals surface area contributed by atoms with Crippen LogP contribution in [-0.2, 0) is 9.84 Å². The highest BCUT2D eigenvalue weighted by Crippen LogP contribution is 2.28. The van der Waals surface area contributed by atoms with Gasteiger partial charge in [-0.25, -0.2) is 22.0 Å². The minimum atomic E-state index is -4.13. The van der Waals surface area contributed by atoms with Crippen molar-refractivity contribution in [1.82, 2.24) is 10.2 Å². The maximum Gasteiger partial charge on any atom is 0.357 e. The van der Waals surface area contributed by atoms with E-state index in [9.17, 15) is 22.0 Å². The molecule has 2 rings (SSSR count). The van der Waals surface area contributed by atoms with E-state index in [1.807, 2.05) is 0 Å². The highest BCUT2D eigenvalue weighted by Gasteiger charge is 2.27. The zero-order valence-corrected chi connectivity index (χ0v) is 10.2. The lowest BCUT2D eigenvalue weighted by Crippen LogP contribution is -2.13. The molecule has 1 aromatic carbocycles. The van der Waals surface area contributed by atoms with Crippen LogP contribution in [0, 0.1) is 11.6 Å². The summed E-state index contributed by atoms with van der Waals surface area (Å²) in [5.41, 5.74) is -1.58. The fourth-order valence-corrected chi connectivity index (χ4v) is 2.66. The van der Waals surface area contributed by atoms with Gasteiger partial charge in [-0.05, 0) is 12.1 Å². The summed E-state index contributed by atoms with van der Waals surface area (Å²) in [5, 5.41) is 14.5. The number of carbonyl (C=O) groups is 1. The van der Waals surface area contributed by atoms with Gasteiger partial charge in [0.1, 0.15) is 16.2 Å². The third-order valence-electron chi connectivity index (χ3n) is 2.34. The molecule has 0 aliphatic rings. The lowest BCUT2D eigenvalue weighted by atomic mass is 10.2. The topological polar surface area (TPSA) is 97.2 Å². The molecule has 6 nitrogen and oxygen atoms in total. The maximum atomic E-state index is 13.7. The smallest absolute Gasteiger partial charge is 0.357 e. The van der Waals surface area contributed by atoms with Crippen molar-refractivity contribution in [1.29, 1.82) is 0 Å². The average molecular weight is 288 g/mol. The normalized spacial score (nSPS) is 11.7. The van der Waals surface area contributed by atoms with Crippen LogP contribution in [0.25, 0.3) is 10.9 Å². The third kappa shape index (κ3) is 2.12. The minimum Gasteiger partial charge on any atom is -0.476 e. The van der Waals surface area contributed by atoms with Crippen LogP contribution < -0.4 is 0 Å². The van der Waals surface area contributed by atoms with Gasteiger partial charge in [-0.15, -0.1) is 10.2 Å². The van der Waals surface area contributed by atoms with Crippen LogP contribution in [0.5, 0.6) is 0 Å². The summed E-state index contributed by atoms with van der Waals surface area (Å²) in [4.78, 5) is 10.0.